The Bertz CT molecular complexity index is 828. The van der Waals surface area contributed by atoms with Crippen molar-refractivity contribution in [1.29, 1.82) is 0 Å². The SMILES string of the molecule is Nc1cc(N)c2c(c1N)C(=O)c1cccc(CCO)c1C2=O. The zero-order chi connectivity index (χ0) is 16.0. The summed E-state index contributed by atoms with van der Waals surface area (Å²) in [6.07, 6.45) is 0.280. The molecule has 7 N–H and O–H groups in total. The molecule has 0 unspecified atom stereocenters. The number of anilines is 3. The summed E-state index contributed by atoms with van der Waals surface area (Å²) in [6, 6.07) is 6.34. The van der Waals surface area contributed by atoms with Crippen molar-refractivity contribution in [3.8, 4) is 0 Å². The van der Waals surface area contributed by atoms with Crippen molar-refractivity contribution in [2.45, 2.75) is 6.42 Å². The van der Waals surface area contributed by atoms with Gasteiger partial charge in [-0.15, -0.1) is 0 Å². The lowest BCUT2D eigenvalue weighted by molar-refractivity contribution is 0.0979. The first-order chi connectivity index (χ1) is 10.5. The second-order valence-electron chi connectivity index (χ2n) is 5.19. The zero-order valence-electron chi connectivity index (χ0n) is 11.7. The molecule has 0 fully saturated rings. The average Bonchev–Trinajstić information content (AvgIpc) is 2.48. The van der Waals surface area contributed by atoms with Crippen molar-refractivity contribution in [1.82, 2.24) is 0 Å². The monoisotopic (exact) mass is 297 g/mol. The highest BCUT2D eigenvalue weighted by Crippen LogP contribution is 2.38. The Kier molecular flexibility index (Phi) is 3.11. The Balaban J connectivity index is 2.35. The zero-order valence-corrected chi connectivity index (χ0v) is 11.7. The number of nitrogens with two attached hydrogens (primary N) is 3. The van der Waals surface area contributed by atoms with Crippen LogP contribution in [0.15, 0.2) is 24.3 Å². The molecule has 0 radical (unpaired) electrons. The second-order valence-corrected chi connectivity index (χ2v) is 5.19. The summed E-state index contributed by atoms with van der Waals surface area (Å²) >= 11 is 0. The number of hydrogen-bond donors (Lipinski definition) is 4. The first-order valence-electron chi connectivity index (χ1n) is 6.77. The van der Waals surface area contributed by atoms with Gasteiger partial charge in [0.25, 0.3) is 0 Å². The predicted octanol–water partition coefficient (Wildman–Crippen LogP) is 0.743. The molecule has 2 aromatic carbocycles. The molecule has 6 nitrogen and oxygen atoms in total. The lowest BCUT2D eigenvalue weighted by Gasteiger charge is -2.23. The Labute approximate surface area is 126 Å². The van der Waals surface area contributed by atoms with Crippen LogP contribution in [0, 0.1) is 0 Å². The highest BCUT2D eigenvalue weighted by molar-refractivity contribution is 6.32. The van der Waals surface area contributed by atoms with Crippen LogP contribution in [0.1, 0.15) is 37.4 Å². The fourth-order valence-electron chi connectivity index (χ4n) is 2.87. The summed E-state index contributed by atoms with van der Waals surface area (Å²) in [7, 11) is 0. The minimum atomic E-state index is -0.374. The maximum absolute atomic E-state index is 12.8. The number of carbonyl (C=O) groups excluding carboxylic acids is 2. The summed E-state index contributed by atoms with van der Waals surface area (Å²) in [6.45, 7) is -0.121. The Morgan fingerprint density at radius 3 is 2.32 bits per heavy atom. The van der Waals surface area contributed by atoms with Crippen LogP contribution >= 0.6 is 0 Å². The Morgan fingerprint density at radius 1 is 0.909 bits per heavy atom. The molecule has 2 aromatic rings. The van der Waals surface area contributed by atoms with Crippen LogP contribution in [-0.2, 0) is 6.42 Å². The van der Waals surface area contributed by atoms with Crippen LogP contribution in [0.25, 0.3) is 0 Å². The van der Waals surface area contributed by atoms with Crippen LogP contribution in [-0.4, -0.2) is 23.3 Å². The lowest BCUT2D eigenvalue weighted by atomic mass is 9.79. The fraction of sp³-hybridized carbons (Fsp3) is 0.125. The fourth-order valence-corrected chi connectivity index (χ4v) is 2.87. The molecule has 3 rings (SSSR count). The number of rotatable bonds is 2. The summed E-state index contributed by atoms with van der Waals surface area (Å²) in [5.74, 6) is -0.737. The third kappa shape index (κ3) is 1.78. The van der Waals surface area contributed by atoms with E-state index in [4.69, 9.17) is 22.3 Å². The topological polar surface area (TPSA) is 132 Å². The van der Waals surface area contributed by atoms with Crippen molar-refractivity contribution >= 4 is 28.6 Å². The molecule has 0 saturated carbocycles. The molecule has 0 saturated heterocycles. The Morgan fingerprint density at radius 2 is 1.64 bits per heavy atom. The molecule has 112 valence electrons. The molecule has 22 heavy (non-hydrogen) atoms. The van der Waals surface area contributed by atoms with E-state index in [1.807, 2.05) is 0 Å². The number of nitrogen functional groups attached to an aromatic ring is 3. The molecule has 1 aliphatic carbocycles. The maximum atomic E-state index is 12.8. The van der Waals surface area contributed by atoms with Gasteiger partial charge in [0.15, 0.2) is 11.6 Å². The number of ketones is 2. The van der Waals surface area contributed by atoms with E-state index in [1.54, 1.807) is 18.2 Å². The largest absolute Gasteiger partial charge is 0.398 e. The van der Waals surface area contributed by atoms with Crippen LogP contribution in [0.3, 0.4) is 0 Å². The molecule has 6 heteroatoms. The first-order valence-corrected chi connectivity index (χ1v) is 6.77. The molecule has 0 spiro atoms. The van der Waals surface area contributed by atoms with Crippen molar-refractivity contribution in [3.05, 3.63) is 52.1 Å². The number of benzene rings is 2. The van der Waals surface area contributed by atoms with Gasteiger partial charge in [0.1, 0.15) is 0 Å². The molecule has 0 aromatic heterocycles. The van der Waals surface area contributed by atoms with Crippen molar-refractivity contribution in [2.75, 3.05) is 23.8 Å². The normalized spacial score (nSPS) is 13.0. The number of aliphatic hydroxyl groups excluding tert-OH is 1. The van der Waals surface area contributed by atoms with E-state index in [0.717, 1.165) is 0 Å². The van der Waals surface area contributed by atoms with E-state index in [9.17, 15) is 9.59 Å². The van der Waals surface area contributed by atoms with Crippen molar-refractivity contribution in [2.24, 2.45) is 0 Å². The predicted molar refractivity (Wildman–Crippen MR) is 83.8 cm³/mol. The van der Waals surface area contributed by atoms with Crippen LogP contribution in [0.2, 0.25) is 0 Å². The van der Waals surface area contributed by atoms with Crippen LogP contribution in [0.4, 0.5) is 17.1 Å². The van der Waals surface area contributed by atoms with Crippen LogP contribution in [0.5, 0.6) is 0 Å². The molecule has 0 bridgehead atoms. The van der Waals surface area contributed by atoms with Gasteiger partial charge in [-0.1, -0.05) is 18.2 Å². The minimum absolute atomic E-state index is 0.0659. The smallest absolute Gasteiger partial charge is 0.196 e. The summed E-state index contributed by atoms with van der Waals surface area (Å²) in [5.41, 5.74) is 19.2. The summed E-state index contributed by atoms with van der Waals surface area (Å²) in [4.78, 5) is 25.6. The van der Waals surface area contributed by atoms with Crippen molar-refractivity contribution < 1.29 is 14.7 Å². The highest BCUT2D eigenvalue weighted by atomic mass is 16.3. The average molecular weight is 297 g/mol. The van der Waals surface area contributed by atoms with E-state index in [1.165, 1.54) is 6.07 Å². The van der Waals surface area contributed by atoms with Gasteiger partial charge in [0.05, 0.1) is 22.5 Å². The third-order valence-corrected chi connectivity index (χ3v) is 3.89. The van der Waals surface area contributed by atoms with E-state index in [-0.39, 0.29) is 63.9 Å². The van der Waals surface area contributed by atoms with Gasteiger partial charge < -0.3 is 22.3 Å². The van der Waals surface area contributed by atoms with Gasteiger partial charge in [0, 0.05) is 23.4 Å². The second kappa shape index (κ2) is 4.85. The third-order valence-electron chi connectivity index (χ3n) is 3.89. The van der Waals surface area contributed by atoms with Gasteiger partial charge >= 0.3 is 0 Å². The van der Waals surface area contributed by atoms with Crippen molar-refractivity contribution in [3.63, 3.8) is 0 Å². The van der Waals surface area contributed by atoms with E-state index < -0.39 is 0 Å². The number of aliphatic hydroxyl groups is 1. The van der Waals surface area contributed by atoms with Crippen LogP contribution < -0.4 is 17.2 Å². The van der Waals surface area contributed by atoms with Gasteiger partial charge in [-0.25, -0.2) is 0 Å². The standard InChI is InChI=1S/C16H15N3O3/c17-9-6-10(18)14(19)13-12(9)16(22)11-7(4-5-20)2-1-3-8(11)15(13)21/h1-3,6,20H,4-5,17-19H2. The van der Waals surface area contributed by atoms with E-state index >= 15 is 0 Å². The molecule has 0 atom stereocenters. The Hall–Kier alpha value is -2.86. The molecule has 1 aliphatic rings. The molecular weight excluding hydrogens is 282 g/mol. The minimum Gasteiger partial charge on any atom is -0.398 e. The highest BCUT2D eigenvalue weighted by Gasteiger charge is 2.35. The van der Waals surface area contributed by atoms with Gasteiger partial charge in [0.2, 0.25) is 0 Å². The summed E-state index contributed by atoms with van der Waals surface area (Å²) < 4.78 is 0. The molecular formula is C16H15N3O3. The van der Waals surface area contributed by atoms with E-state index in [0.29, 0.717) is 5.56 Å². The maximum Gasteiger partial charge on any atom is 0.196 e. The van der Waals surface area contributed by atoms with E-state index in [2.05, 4.69) is 0 Å². The number of hydrogen-bond acceptors (Lipinski definition) is 6. The van der Waals surface area contributed by atoms with Gasteiger partial charge in [-0.2, -0.15) is 0 Å². The number of carbonyl (C=O) groups is 2. The molecule has 0 heterocycles. The summed E-state index contributed by atoms with van der Waals surface area (Å²) in [5, 5.41) is 9.15. The first kappa shape index (κ1) is 14.1. The quantitative estimate of drug-likeness (QED) is 0.516. The molecule has 0 amide bonds. The molecule has 0 aliphatic heterocycles. The lowest BCUT2D eigenvalue weighted by Crippen LogP contribution is -2.26. The van der Waals surface area contributed by atoms with Gasteiger partial charge in [-0.3, -0.25) is 9.59 Å². The number of fused-ring (bicyclic) bond motifs is 2. The van der Waals surface area contributed by atoms with Gasteiger partial charge in [-0.05, 0) is 18.1 Å².